The van der Waals surface area contributed by atoms with Gasteiger partial charge in [0.15, 0.2) is 0 Å². The number of sulfonamides is 1. The van der Waals surface area contributed by atoms with E-state index in [-0.39, 0.29) is 39.1 Å². The van der Waals surface area contributed by atoms with Crippen LogP contribution in [0.3, 0.4) is 0 Å². The number of hydrogen-bond acceptors (Lipinski definition) is 4. The Kier molecular flexibility index (Phi) is 10.3. The molecule has 3 rings (SSSR count). The van der Waals surface area contributed by atoms with Gasteiger partial charge in [0.25, 0.3) is 10.0 Å². The Labute approximate surface area is 244 Å². The highest BCUT2D eigenvalue weighted by Crippen LogP contribution is 2.31. The van der Waals surface area contributed by atoms with Crippen LogP contribution >= 0.6 is 34.8 Å². The van der Waals surface area contributed by atoms with Gasteiger partial charge >= 0.3 is 0 Å². The Hall–Kier alpha value is -2.78. The molecule has 0 aliphatic heterocycles. The molecule has 0 spiro atoms. The second kappa shape index (κ2) is 13.0. The van der Waals surface area contributed by atoms with Crippen molar-refractivity contribution in [1.82, 2.24) is 10.2 Å². The summed E-state index contributed by atoms with van der Waals surface area (Å²) in [5, 5.41) is 3.65. The predicted molar refractivity (Wildman–Crippen MR) is 157 cm³/mol. The number of nitrogens with zero attached hydrogens (tertiary/aromatic N) is 2. The Morgan fingerprint density at radius 1 is 0.897 bits per heavy atom. The molecule has 0 radical (unpaired) electrons. The first-order valence-electron chi connectivity index (χ1n) is 12.2. The van der Waals surface area contributed by atoms with Crippen molar-refractivity contribution in [2.75, 3.05) is 10.8 Å². The molecular formula is C28H30Cl3N3O4S. The number of carbonyl (C=O) groups excluding carboxylic acids is 2. The standard InChI is InChI=1S/C28H30Cl3N3O4S/c1-18(2)32-28(36)20(4)33(16-21-6-5-7-22(29)14-21)27(35)17-34(23-10-13-25(30)26(31)15-23)39(37,38)24-11-8-19(3)9-12-24/h5-15,18,20H,16-17H2,1-4H3,(H,32,36)/t20-/m0/s1. The van der Waals surface area contributed by atoms with Gasteiger partial charge in [-0.2, -0.15) is 0 Å². The van der Waals surface area contributed by atoms with Gasteiger partial charge < -0.3 is 10.2 Å². The minimum Gasteiger partial charge on any atom is -0.352 e. The molecule has 11 heteroatoms. The fraction of sp³-hybridized carbons (Fsp3) is 0.286. The number of amides is 2. The molecule has 0 saturated carbocycles. The second-order valence-electron chi connectivity index (χ2n) is 9.41. The molecule has 0 aliphatic carbocycles. The summed E-state index contributed by atoms with van der Waals surface area (Å²) in [6.45, 7) is 6.51. The molecule has 208 valence electrons. The Morgan fingerprint density at radius 2 is 1.56 bits per heavy atom. The van der Waals surface area contributed by atoms with Gasteiger partial charge in [0.1, 0.15) is 12.6 Å². The topological polar surface area (TPSA) is 86.8 Å². The van der Waals surface area contributed by atoms with Crippen molar-refractivity contribution in [3.05, 3.63) is 92.9 Å². The zero-order valence-corrected chi connectivity index (χ0v) is 25.1. The van der Waals surface area contributed by atoms with E-state index in [1.54, 1.807) is 43.3 Å². The van der Waals surface area contributed by atoms with Crippen molar-refractivity contribution in [3.8, 4) is 0 Å². The van der Waals surface area contributed by atoms with Gasteiger partial charge in [0.2, 0.25) is 11.8 Å². The molecule has 0 aliphatic rings. The summed E-state index contributed by atoms with van der Waals surface area (Å²) in [5.74, 6) is -0.967. The third-order valence-electron chi connectivity index (χ3n) is 5.92. The number of rotatable bonds is 10. The highest BCUT2D eigenvalue weighted by Gasteiger charge is 2.33. The monoisotopic (exact) mass is 609 g/mol. The summed E-state index contributed by atoms with van der Waals surface area (Å²) < 4.78 is 28.6. The molecule has 2 amide bonds. The number of hydrogen-bond donors (Lipinski definition) is 1. The van der Waals surface area contributed by atoms with Crippen molar-refractivity contribution >= 4 is 62.3 Å². The van der Waals surface area contributed by atoms with Crippen molar-refractivity contribution in [1.29, 1.82) is 0 Å². The van der Waals surface area contributed by atoms with Gasteiger partial charge in [-0.3, -0.25) is 13.9 Å². The van der Waals surface area contributed by atoms with E-state index >= 15 is 0 Å². The van der Waals surface area contributed by atoms with Gasteiger partial charge in [0, 0.05) is 17.6 Å². The lowest BCUT2D eigenvalue weighted by Crippen LogP contribution is -2.52. The molecule has 0 fully saturated rings. The zero-order chi connectivity index (χ0) is 28.9. The first-order valence-corrected chi connectivity index (χ1v) is 14.8. The SMILES string of the molecule is Cc1ccc(S(=O)(=O)N(CC(=O)N(Cc2cccc(Cl)c2)[C@@H](C)C(=O)NC(C)C)c2ccc(Cl)c(Cl)c2)cc1. The van der Waals surface area contributed by atoms with E-state index < -0.39 is 28.5 Å². The highest BCUT2D eigenvalue weighted by molar-refractivity contribution is 7.92. The lowest BCUT2D eigenvalue weighted by atomic mass is 10.1. The fourth-order valence-corrected chi connectivity index (χ4v) is 5.74. The summed E-state index contributed by atoms with van der Waals surface area (Å²) in [6, 6.07) is 16.5. The fourth-order valence-electron chi connectivity index (χ4n) is 3.83. The second-order valence-corrected chi connectivity index (χ2v) is 12.5. The van der Waals surface area contributed by atoms with Crippen LogP contribution in [0.1, 0.15) is 31.9 Å². The molecule has 0 heterocycles. The average molecular weight is 611 g/mol. The van der Waals surface area contributed by atoms with E-state index in [4.69, 9.17) is 34.8 Å². The lowest BCUT2D eigenvalue weighted by Gasteiger charge is -2.32. The first kappa shape index (κ1) is 30.8. The number of benzene rings is 3. The third-order valence-corrected chi connectivity index (χ3v) is 8.68. The maximum Gasteiger partial charge on any atom is 0.264 e. The van der Waals surface area contributed by atoms with Crippen LogP contribution in [0.4, 0.5) is 5.69 Å². The van der Waals surface area contributed by atoms with E-state index in [0.717, 1.165) is 9.87 Å². The minimum atomic E-state index is -4.21. The van der Waals surface area contributed by atoms with Crippen molar-refractivity contribution < 1.29 is 18.0 Å². The van der Waals surface area contributed by atoms with Crippen LogP contribution in [-0.4, -0.2) is 43.8 Å². The smallest absolute Gasteiger partial charge is 0.264 e. The number of anilines is 1. The quantitative estimate of drug-likeness (QED) is 0.301. The van der Waals surface area contributed by atoms with Crippen LogP contribution in [0, 0.1) is 6.92 Å². The number of nitrogens with one attached hydrogen (secondary N) is 1. The Bertz CT molecular complexity index is 1450. The summed E-state index contributed by atoms with van der Waals surface area (Å²) >= 11 is 18.5. The van der Waals surface area contributed by atoms with Crippen LogP contribution in [0.5, 0.6) is 0 Å². The predicted octanol–water partition coefficient (Wildman–Crippen LogP) is 6.09. The van der Waals surface area contributed by atoms with Crippen molar-refractivity contribution in [2.45, 2.75) is 51.2 Å². The van der Waals surface area contributed by atoms with E-state index in [1.165, 1.54) is 35.2 Å². The van der Waals surface area contributed by atoms with E-state index in [1.807, 2.05) is 20.8 Å². The van der Waals surface area contributed by atoms with Gasteiger partial charge in [-0.05, 0) is 75.7 Å². The molecule has 1 N–H and O–H groups in total. The van der Waals surface area contributed by atoms with E-state index in [0.29, 0.717) is 10.6 Å². The van der Waals surface area contributed by atoms with Gasteiger partial charge in [0.05, 0.1) is 20.6 Å². The van der Waals surface area contributed by atoms with Gasteiger partial charge in [-0.15, -0.1) is 0 Å². The lowest BCUT2D eigenvalue weighted by molar-refractivity contribution is -0.139. The largest absolute Gasteiger partial charge is 0.352 e. The van der Waals surface area contributed by atoms with Crippen molar-refractivity contribution in [3.63, 3.8) is 0 Å². The molecule has 3 aromatic rings. The number of halogens is 3. The minimum absolute atomic E-state index is 0.000960. The zero-order valence-electron chi connectivity index (χ0n) is 22.0. The summed E-state index contributed by atoms with van der Waals surface area (Å²) in [5.41, 5.74) is 1.71. The Balaban J connectivity index is 2.06. The van der Waals surface area contributed by atoms with Crippen LogP contribution < -0.4 is 9.62 Å². The maximum atomic E-state index is 13.9. The molecular weight excluding hydrogens is 581 g/mol. The average Bonchev–Trinajstić information content (AvgIpc) is 2.87. The molecule has 0 aromatic heterocycles. The van der Waals surface area contributed by atoms with E-state index in [9.17, 15) is 18.0 Å². The first-order chi connectivity index (χ1) is 18.3. The summed E-state index contributed by atoms with van der Waals surface area (Å²) in [7, 11) is -4.21. The Morgan fingerprint density at radius 3 is 2.15 bits per heavy atom. The molecule has 7 nitrogen and oxygen atoms in total. The summed E-state index contributed by atoms with van der Waals surface area (Å²) in [6.07, 6.45) is 0. The van der Waals surface area contributed by atoms with Gasteiger partial charge in [-0.1, -0.05) is 64.6 Å². The highest BCUT2D eigenvalue weighted by atomic mass is 35.5. The molecule has 0 unspecified atom stereocenters. The van der Waals surface area contributed by atoms with Crippen LogP contribution in [0.2, 0.25) is 15.1 Å². The van der Waals surface area contributed by atoms with Crippen LogP contribution in [0.15, 0.2) is 71.6 Å². The maximum absolute atomic E-state index is 13.9. The normalized spacial score (nSPS) is 12.2. The van der Waals surface area contributed by atoms with Crippen LogP contribution in [-0.2, 0) is 26.2 Å². The number of carbonyl (C=O) groups is 2. The molecule has 1 atom stereocenters. The van der Waals surface area contributed by atoms with Gasteiger partial charge in [-0.25, -0.2) is 8.42 Å². The van der Waals surface area contributed by atoms with Crippen LogP contribution in [0.25, 0.3) is 0 Å². The third kappa shape index (κ3) is 7.88. The number of aryl methyl sites for hydroxylation is 1. The molecule has 0 saturated heterocycles. The van der Waals surface area contributed by atoms with E-state index in [2.05, 4.69) is 5.32 Å². The van der Waals surface area contributed by atoms with Crippen molar-refractivity contribution in [2.24, 2.45) is 0 Å². The molecule has 0 bridgehead atoms. The summed E-state index contributed by atoms with van der Waals surface area (Å²) in [4.78, 5) is 28.2. The molecule has 3 aromatic carbocycles. The molecule has 39 heavy (non-hydrogen) atoms.